The third kappa shape index (κ3) is 3.02. The van der Waals surface area contributed by atoms with E-state index in [0.717, 1.165) is 12.0 Å². The fourth-order valence-electron chi connectivity index (χ4n) is 4.85. The van der Waals surface area contributed by atoms with E-state index >= 15 is 0 Å². The highest BCUT2D eigenvalue weighted by atomic mass is 16.5. The summed E-state index contributed by atoms with van der Waals surface area (Å²) >= 11 is 0. The summed E-state index contributed by atoms with van der Waals surface area (Å²) in [4.78, 5) is 31.0. The van der Waals surface area contributed by atoms with Crippen LogP contribution < -0.4 is 9.47 Å². The summed E-state index contributed by atoms with van der Waals surface area (Å²) in [6.45, 7) is 5.80. The van der Waals surface area contributed by atoms with Crippen molar-refractivity contribution in [1.82, 2.24) is 9.80 Å². The number of amides is 2. The number of methoxy groups -OCH3 is 2. The van der Waals surface area contributed by atoms with Gasteiger partial charge in [-0.15, -0.1) is 0 Å². The average molecular weight is 408 g/mol. The fourth-order valence-corrected chi connectivity index (χ4v) is 4.85. The van der Waals surface area contributed by atoms with Gasteiger partial charge in [0.15, 0.2) is 11.5 Å². The van der Waals surface area contributed by atoms with Crippen LogP contribution in [0.3, 0.4) is 0 Å². The van der Waals surface area contributed by atoms with Crippen LogP contribution >= 0.6 is 0 Å². The lowest BCUT2D eigenvalue weighted by molar-refractivity contribution is -0.134. The zero-order valence-electron chi connectivity index (χ0n) is 18.0. The van der Waals surface area contributed by atoms with Crippen molar-refractivity contribution in [2.24, 2.45) is 0 Å². The SMILES string of the molecule is CCN(CC)C(=O)[C@@H]1c2cc(OC)c(OC)cc2C(=O)N2CCc3ccccc3[C@@H]12. The Hall–Kier alpha value is -3.02. The third-order valence-corrected chi connectivity index (χ3v) is 6.37. The quantitative estimate of drug-likeness (QED) is 0.761. The number of hydrogen-bond acceptors (Lipinski definition) is 4. The zero-order valence-corrected chi connectivity index (χ0v) is 18.0. The summed E-state index contributed by atoms with van der Waals surface area (Å²) in [5, 5.41) is 0. The van der Waals surface area contributed by atoms with Gasteiger partial charge in [0.2, 0.25) is 5.91 Å². The highest BCUT2D eigenvalue weighted by Crippen LogP contribution is 2.48. The Balaban J connectivity index is 1.96. The molecular formula is C24H28N2O4. The van der Waals surface area contributed by atoms with Gasteiger partial charge in [0, 0.05) is 25.2 Å². The fraction of sp³-hybridized carbons (Fsp3) is 0.417. The number of nitrogens with zero attached hydrogens (tertiary/aromatic N) is 2. The second-order valence-corrected chi connectivity index (χ2v) is 7.67. The van der Waals surface area contributed by atoms with E-state index in [-0.39, 0.29) is 17.9 Å². The third-order valence-electron chi connectivity index (χ3n) is 6.37. The smallest absolute Gasteiger partial charge is 0.254 e. The van der Waals surface area contributed by atoms with Crippen LogP contribution in [0.1, 0.15) is 52.9 Å². The topological polar surface area (TPSA) is 59.1 Å². The Morgan fingerprint density at radius 2 is 1.73 bits per heavy atom. The molecule has 2 amide bonds. The molecule has 2 aromatic rings. The van der Waals surface area contributed by atoms with E-state index < -0.39 is 5.92 Å². The van der Waals surface area contributed by atoms with Crippen LogP contribution in [0.25, 0.3) is 0 Å². The van der Waals surface area contributed by atoms with Crippen molar-refractivity contribution in [1.29, 1.82) is 0 Å². The minimum absolute atomic E-state index is 0.0349. The normalized spacial score (nSPS) is 19.5. The second-order valence-electron chi connectivity index (χ2n) is 7.67. The highest BCUT2D eigenvalue weighted by Gasteiger charge is 2.47. The Morgan fingerprint density at radius 1 is 1.07 bits per heavy atom. The molecule has 4 rings (SSSR count). The van der Waals surface area contributed by atoms with Gasteiger partial charge in [0.25, 0.3) is 5.91 Å². The maximum Gasteiger partial charge on any atom is 0.254 e. The van der Waals surface area contributed by atoms with E-state index in [1.54, 1.807) is 20.3 Å². The minimum Gasteiger partial charge on any atom is -0.493 e. The molecule has 158 valence electrons. The van der Waals surface area contributed by atoms with Gasteiger partial charge >= 0.3 is 0 Å². The molecule has 0 radical (unpaired) electrons. The van der Waals surface area contributed by atoms with Crippen molar-refractivity contribution >= 4 is 11.8 Å². The molecule has 2 heterocycles. The van der Waals surface area contributed by atoms with E-state index in [4.69, 9.17) is 9.47 Å². The first-order chi connectivity index (χ1) is 14.5. The number of fused-ring (bicyclic) bond motifs is 4. The molecule has 0 saturated carbocycles. The maximum atomic E-state index is 13.8. The minimum atomic E-state index is -0.487. The van der Waals surface area contributed by atoms with Crippen molar-refractivity contribution < 1.29 is 19.1 Å². The number of benzene rings is 2. The van der Waals surface area contributed by atoms with Crippen molar-refractivity contribution in [3.05, 3.63) is 58.7 Å². The van der Waals surface area contributed by atoms with Crippen LogP contribution in [0.4, 0.5) is 0 Å². The Labute approximate surface area is 177 Å². The Morgan fingerprint density at radius 3 is 2.40 bits per heavy atom. The first-order valence-electron chi connectivity index (χ1n) is 10.5. The molecule has 6 heteroatoms. The van der Waals surface area contributed by atoms with Crippen LogP contribution in [0.15, 0.2) is 36.4 Å². The number of rotatable bonds is 5. The number of carbonyl (C=O) groups excluding carboxylic acids is 2. The van der Waals surface area contributed by atoms with Crippen LogP contribution in [0.5, 0.6) is 11.5 Å². The summed E-state index contributed by atoms with van der Waals surface area (Å²) in [6.07, 6.45) is 0.785. The molecule has 0 N–H and O–H groups in total. The van der Waals surface area contributed by atoms with Crippen LogP contribution in [0, 0.1) is 0 Å². The van der Waals surface area contributed by atoms with Gasteiger partial charge < -0.3 is 19.3 Å². The van der Waals surface area contributed by atoms with Crippen molar-refractivity contribution in [3.8, 4) is 11.5 Å². The molecule has 2 aromatic carbocycles. The number of hydrogen-bond donors (Lipinski definition) is 0. The number of ether oxygens (including phenoxy) is 2. The Kier molecular flexibility index (Phi) is 5.41. The van der Waals surface area contributed by atoms with Crippen molar-refractivity contribution in [2.45, 2.75) is 32.2 Å². The number of carbonyl (C=O) groups is 2. The second kappa shape index (κ2) is 8.01. The van der Waals surface area contributed by atoms with Gasteiger partial charge in [-0.1, -0.05) is 24.3 Å². The van der Waals surface area contributed by atoms with Crippen molar-refractivity contribution in [2.75, 3.05) is 33.9 Å². The predicted octanol–water partition coefficient (Wildman–Crippen LogP) is 3.41. The monoisotopic (exact) mass is 408 g/mol. The molecule has 0 aliphatic carbocycles. The first-order valence-corrected chi connectivity index (χ1v) is 10.5. The number of likely N-dealkylation sites (N-methyl/N-ethyl adjacent to an activating group) is 1. The molecule has 0 spiro atoms. The summed E-state index contributed by atoms with van der Waals surface area (Å²) in [7, 11) is 3.12. The van der Waals surface area contributed by atoms with Crippen LogP contribution in [-0.4, -0.2) is 55.5 Å². The molecular weight excluding hydrogens is 380 g/mol. The Bertz CT molecular complexity index is 983. The van der Waals surface area contributed by atoms with E-state index in [9.17, 15) is 9.59 Å². The lowest BCUT2D eigenvalue weighted by atomic mass is 9.75. The predicted molar refractivity (Wildman–Crippen MR) is 114 cm³/mol. The van der Waals surface area contributed by atoms with Crippen molar-refractivity contribution in [3.63, 3.8) is 0 Å². The van der Waals surface area contributed by atoms with E-state index in [0.29, 0.717) is 42.3 Å². The maximum absolute atomic E-state index is 13.8. The van der Waals surface area contributed by atoms with Crippen LogP contribution in [0.2, 0.25) is 0 Å². The van der Waals surface area contributed by atoms with Crippen LogP contribution in [-0.2, 0) is 11.2 Å². The lowest BCUT2D eigenvalue weighted by Gasteiger charge is -2.46. The molecule has 2 aliphatic rings. The van der Waals surface area contributed by atoms with Gasteiger partial charge in [0.05, 0.1) is 26.2 Å². The molecule has 30 heavy (non-hydrogen) atoms. The van der Waals surface area contributed by atoms with E-state index in [2.05, 4.69) is 6.07 Å². The molecule has 0 bridgehead atoms. The van der Waals surface area contributed by atoms with Gasteiger partial charge in [-0.2, -0.15) is 0 Å². The average Bonchev–Trinajstić information content (AvgIpc) is 2.79. The summed E-state index contributed by atoms with van der Waals surface area (Å²) in [5.41, 5.74) is 3.50. The molecule has 0 unspecified atom stereocenters. The summed E-state index contributed by atoms with van der Waals surface area (Å²) < 4.78 is 10.9. The zero-order chi connectivity index (χ0) is 21.4. The molecule has 0 fully saturated rings. The molecule has 0 saturated heterocycles. The molecule has 0 aromatic heterocycles. The largest absolute Gasteiger partial charge is 0.493 e. The highest BCUT2D eigenvalue weighted by molar-refractivity contribution is 6.02. The van der Waals surface area contributed by atoms with E-state index in [1.807, 2.05) is 47.9 Å². The van der Waals surface area contributed by atoms with Gasteiger partial charge in [-0.3, -0.25) is 9.59 Å². The molecule has 2 atom stereocenters. The van der Waals surface area contributed by atoms with E-state index in [1.165, 1.54) is 5.56 Å². The summed E-state index contributed by atoms with van der Waals surface area (Å²) in [5.74, 6) is 0.508. The first kappa shape index (κ1) is 20.3. The lowest BCUT2D eigenvalue weighted by Crippen LogP contribution is -2.50. The van der Waals surface area contributed by atoms with Gasteiger partial charge in [-0.25, -0.2) is 0 Å². The van der Waals surface area contributed by atoms with Gasteiger partial charge in [0.1, 0.15) is 0 Å². The van der Waals surface area contributed by atoms with Gasteiger partial charge in [-0.05, 0) is 49.1 Å². The molecule has 6 nitrogen and oxygen atoms in total. The summed E-state index contributed by atoms with van der Waals surface area (Å²) in [6, 6.07) is 11.4. The molecule has 2 aliphatic heterocycles. The standard InChI is InChI=1S/C24H28N2O4/c1-5-25(6-2)24(28)21-17-13-19(29-3)20(30-4)14-18(17)23(27)26-12-11-15-9-7-8-10-16(15)22(21)26/h7-10,13-14,21-22H,5-6,11-12H2,1-4H3/t21-,22+/m1/s1.